The van der Waals surface area contributed by atoms with Gasteiger partial charge in [-0.1, -0.05) is 22.9 Å². The Morgan fingerprint density at radius 2 is 2.00 bits per heavy atom. The Kier molecular flexibility index (Phi) is 4.24. The zero-order valence-electron chi connectivity index (χ0n) is 10.2. The summed E-state index contributed by atoms with van der Waals surface area (Å²) in [5.41, 5.74) is 1.69. The molecule has 1 aromatic heterocycles. The van der Waals surface area contributed by atoms with Gasteiger partial charge in [-0.05, 0) is 36.9 Å². The lowest BCUT2D eigenvalue weighted by atomic mass is 10.3. The van der Waals surface area contributed by atoms with Crippen molar-refractivity contribution in [3.63, 3.8) is 0 Å². The van der Waals surface area contributed by atoms with Crippen LogP contribution in [-0.2, 0) is 6.42 Å². The molecule has 0 aliphatic carbocycles. The third kappa shape index (κ3) is 2.52. The first kappa shape index (κ1) is 13.4. The van der Waals surface area contributed by atoms with Crippen molar-refractivity contribution in [3.8, 4) is 5.69 Å². The molecule has 0 aliphatic rings. The van der Waals surface area contributed by atoms with Gasteiger partial charge in [0, 0.05) is 4.47 Å². The summed E-state index contributed by atoms with van der Waals surface area (Å²) in [6.07, 6.45) is 4.28. The van der Waals surface area contributed by atoms with Gasteiger partial charge >= 0.3 is 0 Å². The fourth-order valence-corrected chi connectivity index (χ4v) is 2.68. The largest absolute Gasteiger partial charge is 0.271 e. The molecule has 0 saturated carbocycles. The number of rotatable bonds is 3. The minimum Gasteiger partial charge on any atom is -0.268 e. The van der Waals surface area contributed by atoms with Gasteiger partial charge in [-0.3, -0.25) is 9.36 Å². The molecule has 0 atom stereocenters. The number of thioether (sulfide) groups is 1. The van der Waals surface area contributed by atoms with Gasteiger partial charge in [0.05, 0.1) is 16.3 Å². The quantitative estimate of drug-likeness (QED) is 0.813. The Balaban J connectivity index is 2.59. The minimum absolute atomic E-state index is 0.00308. The van der Waals surface area contributed by atoms with E-state index in [0.717, 1.165) is 27.2 Å². The molecule has 0 aliphatic heterocycles. The topological polar surface area (TPSA) is 34.9 Å². The summed E-state index contributed by atoms with van der Waals surface area (Å²) in [7, 11) is 0. The number of aryl methyl sites for hydroxylation is 1. The normalized spacial score (nSPS) is 10.6. The van der Waals surface area contributed by atoms with Crippen LogP contribution in [-0.4, -0.2) is 15.8 Å². The van der Waals surface area contributed by atoms with Crippen LogP contribution >= 0.6 is 27.7 Å². The SMILES string of the molecule is CCc1ncn(-c2ccc(Br)cc2)c(=O)c1SC. The maximum atomic E-state index is 12.4. The first-order valence-electron chi connectivity index (χ1n) is 5.57. The summed E-state index contributed by atoms with van der Waals surface area (Å²) in [5.74, 6) is 0. The maximum absolute atomic E-state index is 12.4. The van der Waals surface area contributed by atoms with Crippen LogP contribution in [0.4, 0.5) is 0 Å². The fourth-order valence-electron chi connectivity index (χ4n) is 1.71. The van der Waals surface area contributed by atoms with E-state index in [9.17, 15) is 4.79 Å². The van der Waals surface area contributed by atoms with Crippen LogP contribution in [0.5, 0.6) is 0 Å². The van der Waals surface area contributed by atoms with E-state index in [1.807, 2.05) is 37.4 Å². The lowest BCUT2D eigenvalue weighted by Gasteiger charge is -2.09. The number of aromatic nitrogens is 2. The van der Waals surface area contributed by atoms with E-state index in [4.69, 9.17) is 0 Å². The van der Waals surface area contributed by atoms with Crippen molar-refractivity contribution in [1.82, 2.24) is 9.55 Å². The molecule has 0 spiro atoms. The highest BCUT2D eigenvalue weighted by Gasteiger charge is 2.10. The van der Waals surface area contributed by atoms with Gasteiger partial charge in [0.15, 0.2) is 0 Å². The third-order valence-electron chi connectivity index (χ3n) is 2.65. The molecule has 0 radical (unpaired) electrons. The molecule has 0 fully saturated rings. The van der Waals surface area contributed by atoms with E-state index < -0.39 is 0 Å². The van der Waals surface area contributed by atoms with E-state index >= 15 is 0 Å². The minimum atomic E-state index is -0.00308. The van der Waals surface area contributed by atoms with E-state index in [1.165, 1.54) is 11.8 Å². The Labute approximate surface area is 118 Å². The Morgan fingerprint density at radius 3 is 2.56 bits per heavy atom. The van der Waals surface area contributed by atoms with Gasteiger partial charge in [-0.2, -0.15) is 0 Å². The molecular formula is C13H13BrN2OS. The van der Waals surface area contributed by atoms with Crippen molar-refractivity contribution in [2.45, 2.75) is 18.2 Å². The lowest BCUT2D eigenvalue weighted by molar-refractivity contribution is 0.835. The summed E-state index contributed by atoms with van der Waals surface area (Å²) < 4.78 is 2.57. The Hall–Kier alpha value is -1.07. The van der Waals surface area contributed by atoms with Crippen molar-refractivity contribution in [2.24, 2.45) is 0 Å². The summed E-state index contributed by atoms with van der Waals surface area (Å²) in [6, 6.07) is 7.61. The number of nitrogens with zero attached hydrogens (tertiary/aromatic N) is 2. The molecule has 18 heavy (non-hydrogen) atoms. The second kappa shape index (κ2) is 5.71. The van der Waals surface area contributed by atoms with Crippen LogP contribution in [0, 0.1) is 0 Å². The highest BCUT2D eigenvalue weighted by molar-refractivity contribution is 9.10. The second-order valence-electron chi connectivity index (χ2n) is 3.73. The zero-order valence-corrected chi connectivity index (χ0v) is 12.6. The fraction of sp³-hybridized carbons (Fsp3) is 0.231. The molecule has 94 valence electrons. The predicted molar refractivity (Wildman–Crippen MR) is 78.7 cm³/mol. The summed E-state index contributed by atoms with van der Waals surface area (Å²) in [6.45, 7) is 2.01. The van der Waals surface area contributed by atoms with E-state index in [-0.39, 0.29) is 5.56 Å². The molecule has 2 aromatic rings. The average molecular weight is 325 g/mol. The predicted octanol–water partition coefficient (Wildman–Crippen LogP) is 3.28. The molecule has 0 saturated heterocycles. The lowest BCUT2D eigenvalue weighted by Crippen LogP contribution is -2.22. The van der Waals surface area contributed by atoms with Crippen molar-refractivity contribution >= 4 is 27.7 Å². The van der Waals surface area contributed by atoms with E-state index in [1.54, 1.807) is 10.9 Å². The Bertz CT molecular complexity index is 607. The third-order valence-corrected chi connectivity index (χ3v) is 4.00. The number of halogens is 1. The van der Waals surface area contributed by atoms with E-state index in [0.29, 0.717) is 0 Å². The average Bonchev–Trinajstić information content (AvgIpc) is 2.39. The summed E-state index contributed by atoms with van der Waals surface area (Å²) >= 11 is 4.83. The standard InChI is InChI=1S/C13H13BrN2OS/c1-3-11-12(18-2)13(17)16(8-15-11)10-6-4-9(14)5-7-10/h4-8H,3H2,1-2H3. The van der Waals surface area contributed by atoms with Gasteiger partial charge in [-0.15, -0.1) is 11.8 Å². The molecule has 1 heterocycles. The highest BCUT2D eigenvalue weighted by atomic mass is 79.9. The first-order chi connectivity index (χ1) is 8.67. The van der Waals surface area contributed by atoms with Crippen molar-refractivity contribution < 1.29 is 0 Å². The zero-order chi connectivity index (χ0) is 13.1. The van der Waals surface area contributed by atoms with Crippen molar-refractivity contribution in [1.29, 1.82) is 0 Å². The van der Waals surface area contributed by atoms with Gasteiger partial charge < -0.3 is 0 Å². The molecule has 0 bridgehead atoms. The number of hydrogen-bond donors (Lipinski definition) is 0. The van der Waals surface area contributed by atoms with Crippen molar-refractivity contribution in [2.75, 3.05) is 6.26 Å². The second-order valence-corrected chi connectivity index (χ2v) is 5.46. The molecule has 3 nitrogen and oxygen atoms in total. The summed E-state index contributed by atoms with van der Waals surface area (Å²) in [4.78, 5) is 17.4. The van der Waals surface area contributed by atoms with Gasteiger partial charge in [-0.25, -0.2) is 4.98 Å². The molecule has 0 N–H and O–H groups in total. The number of benzene rings is 1. The van der Waals surface area contributed by atoms with Gasteiger partial charge in [0.1, 0.15) is 6.33 Å². The first-order valence-corrected chi connectivity index (χ1v) is 7.59. The number of hydrogen-bond acceptors (Lipinski definition) is 3. The molecule has 1 aromatic carbocycles. The van der Waals surface area contributed by atoms with E-state index in [2.05, 4.69) is 20.9 Å². The Morgan fingerprint density at radius 1 is 1.33 bits per heavy atom. The monoisotopic (exact) mass is 324 g/mol. The molecular weight excluding hydrogens is 312 g/mol. The van der Waals surface area contributed by atoms with Crippen LogP contribution in [0.25, 0.3) is 5.69 Å². The van der Waals surface area contributed by atoms with Crippen LogP contribution in [0.2, 0.25) is 0 Å². The summed E-state index contributed by atoms with van der Waals surface area (Å²) in [5, 5.41) is 0. The molecule has 0 amide bonds. The van der Waals surface area contributed by atoms with Crippen LogP contribution in [0.3, 0.4) is 0 Å². The maximum Gasteiger partial charge on any atom is 0.271 e. The van der Waals surface area contributed by atoms with Gasteiger partial charge in [0.2, 0.25) is 0 Å². The smallest absolute Gasteiger partial charge is 0.268 e. The highest BCUT2D eigenvalue weighted by Crippen LogP contribution is 2.17. The molecule has 5 heteroatoms. The van der Waals surface area contributed by atoms with Crippen LogP contribution < -0.4 is 5.56 Å². The van der Waals surface area contributed by atoms with Crippen LogP contribution in [0.1, 0.15) is 12.6 Å². The van der Waals surface area contributed by atoms with Crippen LogP contribution in [0.15, 0.2) is 44.8 Å². The van der Waals surface area contributed by atoms with Gasteiger partial charge in [0.25, 0.3) is 5.56 Å². The van der Waals surface area contributed by atoms with Crippen molar-refractivity contribution in [3.05, 3.63) is 51.1 Å². The molecule has 2 rings (SSSR count). The molecule has 0 unspecified atom stereocenters.